The molecule has 2 rings (SSSR count). The van der Waals surface area contributed by atoms with E-state index in [9.17, 15) is 9.90 Å². The van der Waals surface area contributed by atoms with E-state index in [1.807, 2.05) is 6.08 Å². The Morgan fingerprint density at radius 2 is 2.36 bits per heavy atom. The van der Waals surface area contributed by atoms with Crippen molar-refractivity contribution >= 4 is 5.97 Å². The van der Waals surface area contributed by atoms with Gasteiger partial charge in [-0.2, -0.15) is 0 Å². The summed E-state index contributed by atoms with van der Waals surface area (Å²) in [5, 5.41) is 10.8. The lowest BCUT2D eigenvalue weighted by Crippen LogP contribution is -2.42. The van der Waals surface area contributed by atoms with Crippen LogP contribution in [-0.2, 0) is 4.79 Å². The van der Waals surface area contributed by atoms with Crippen LogP contribution in [0.3, 0.4) is 0 Å². The van der Waals surface area contributed by atoms with Crippen molar-refractivity contribution in [2.75, 3.05) is 0 Å². The van der Waals surface area contributed by atoms with Gasteiger partial charge in [0.25, 0.3) is 0 Å². The van der Waals surface area contributed by atoms with E-state index in [1.54, 1.807) is 6.92 Å². The lowest BCUT2D eigenvalue weighted by Gasteiger charge is -2.32. The first-order valence-corrected chi connectivity index (χ1v) is 4.03. The highest BCUT2D eigenvalue weighted by Crippen LogP contribution is 2.51. The van der Waals surface area contributed by atoms with Crippen LogP contribution in [0.4, 0.5) is 0 Å². The Hall–Kier alpha value is -0.790. The molecule has 0 radical (unpaired) electrons. The van der Waals surface area contributed by atoms with Gasteiger partial charge in [0.15, 0.2) is 0 Å². The quantitative estimate of drug-likeness (QED) is 0.507. The van der Waals surface area contributed by atoms with Crippen molar-refractivity contribution < 1.29 is 9.90 Å². The molecule has 2 nitrogen and oxygen atoms in total. The van der Waals surface area contributed by atoms with Crippen LogP contribution in [0.1, 0.15) is 19.8 Å². The van der Waals surface area contributed by atoms with Crippen molar-refractivity contribution in [1.29, 1.82) is 0 Å². The minimum Gasteiger partial charge on any atom is -0.550 e. The molecule has 0 aromatic carbocycles. The Kier molecular flexibility index (Phi) is 1.17. The number of carbonyl (C=O) groups excluding carboxylic acids is 1. The number of hydrogen-bond donors (Lipinski definition) is 0. The summed E-state index contributed by atoms with van der Waals surface area (Å²) in [6.07, 6.45) is 5.96. The minimum atomic E-state index is -0.880. The van der Waals surface area contributed by atoms with Crippen LogP contribution in [0, 0.1) is 17.3 Å². The lowest BCUT2D eigenvalue weighted by molar-refractivity contribution is -0.319. The molecule has 0 aliphatic heterocycles. The molecule has 2 aliphatic carbocycles. The zero-order valence-corrected chi connectivity index (χ0v) is 6.54. The largest absolute Gasteiger partial charge is 0.550 e. The van der Waals surface area contributed by atoms with E-state index in [2.05, 4.69) is 6.08 Å². The summed E-state index contributed by atoms with van der Waals surface area (Å²) in [4.78, 5) is 10.8. The molecule has 0 aromatic heterocycles. The minimum absolute atomic E-state index is 0.234. The molecule has 1 fully saturated rings. The van der Waals surface area contributed by atoms with Gasteiger partial charge in [-0.05, 0) is 24.7 Å². The van der Waals surface area contributed by atoms with Gasteiger partial charge in [-0.3, -0.25) is 0 Å². The first-order chi connectivity index (χ1) is 5.13. The number of carboxylic acid groups (broad SMARTS) is 1. The van der Waals surface area contributed by atoms with Gasteiger partial charge in [-0.15, -0.1) is 0 Å². The second-order valence-corrected chi connectivity index (χ2v) is 3.90. The maximum Gasteiger partial charge on any atom is 0.0479 e. The fourth-order valence-corrected chi connectivity index (χ4v) is 2.33. The summed E-state index contributed by atoms with van der Waals surface area (Å²) in [7, 11) is 0. The molecule has 0 saturated heterocycles. The Morgan fingerprint density at radius 1 is 1.64 bits per heavy atom. The second-order valence-electron chi connectivity index (χ2n) is 3.90. The van der Waals surface area contributed by atoms with Crippen LogP contribution in [-0.4, -0.2) is 5.97 Å². The van der Waals surface area contributed by atoms with Gasteiger partial charge in [0.05, 0.1) is 0 Å². The molecule has 0 spiro atoms. The lowest BCUT2D eigenvalue weighted by atomic mass is 9.78. The second kappa shape index (κ2) is 1.87. The van der Waals surface area contributed by atoms with Crippen LogP contribution < -0.4 is 5.11 Å². The fraction of sp³-hybridized carbons (Fsp3) is 0.667. The van der Waals surface area contributed by atoms with E-state index in [0.717, 1.165) is 12.8 Å². The number of allylic oxidation sites excluding steroid dienone is 2. The molecule has 2 bridgehead atoms. The standard InChI is InChI=1S/C9H12O2/c1-9(8(10)11)5-6-2-3-7(9)4-6/h2-3,6-7H,4-5H2,1H3,(H,10,11)/p-1/t6-,7-,9+/m0/s1. The van der Waals surface area contributed by atoms with E-state index < -0.39 is 11.4 Å². The third-order valence-electron chi connectivity index (χ3n) is 3.14. The highest BCUT2D eigenvalue weighted by molar-refractivity contribution is 5.73. The molecule has 2 aliphatic rings. The number of carbonyl (C=O) groups is 1. The van der Waals surface area contributed by atoms with Gasteiger partial charge < -0.3 is 9.90 Å². The molecule has 0 amide bonds. The maximum absolute atomic E-state index is 10.8. The topological polar surface area (TPSA) is 40.1 Å². The summed E-state index contributed by atoms with van der Waals surface area (Å²) in [5.74, 6) is -0.144. The molecule has 0 unspecified atom stereocenters. The Bertz CT molecular complexity index is 232. The molecule has 0 heterocycles. The van der Waals surface area contributed by atoms with E-state index in [1.165, 1.54) is 0 Å². The molecule has 3 atom stereocenters. The van der Waals surface area contributed by atoms with Gasteiger partial charge in [0, 0.05) is 11.4 Å². The highest BCUT2D eigenvalue weighted by atomic mass is 16.4. The van der Waals surface area contributed by atoms with Gasteiger partial charge in [-0.25, -0.2) is 0 Å². The van der Waals surface area contributed by atoms with E-state index in [0.29, 0.717) is 5.92 Å². The summed E-state index contributed by atoms with van der Waals surface area (Å²) < 4.78 is 0. The van der Waals surface area contributed by atoms with Crippen LogP contribution in [0.2, 0.25) is 0 Å². The predicted octanol–water partition coefficient (Wildman–Crippen LogP) is 0.339. The number of carboxylic acids is 1. The van der Waals surface area contributed by atoms with E-state index >= 15 is 0 Å². The van der Waals surface area contributed by atoms with E-state index in [-0.39, 0.29) is 5.92 Å². The summed E-state index contributed by atoms with van der Waals surface area (Å²) in [6, 6.07) is 0. The third-order valence-corrected chi connectivity index (χ3v) is 3.14. The van der Waals surface area contributed by atoms with Crippen molar-refractivity contribution in [2.24, 2.45) is 17.3 Å². The van der Waals surface area contributed by atoms with Crippen molar-refractivity contribution in [3.63, 3.8) is 0 Å². The normalized spacial score (nSPS) is 46.6. The molecule has 60 valence electrons. The molecule has 0 aromatic rings. The van der Waals surface area contributed by atoms with Crippen LogP contribution in [0.25, 0.3) is 0 Å². The van der Waals surface area contributed by atoms with E-state index in [4.69, 9.17) is 0 Å². The zero-order chi connectivity index (χ0) is 8.06. The average molecular weight is 151 g/mol. The summed E-state index contributed by atoms with van der Waals surface area (Å²) >= 11 is 0. The first-order valence-electron chi connectivity index (χ1n) is 4.03. The third kappa shape index (κ3) is 0.753. The van der Waals surface area contributed by atoms with Crippen molar-refractivity contribution in [2.45, 2.75) is 19.8 Å². The van der Waals surface area contributed by atoms with Gasteiger partial charge in [-0.1, -0.05) is 19.1 Å². The van der Waals surface area contributed by atoms with Crippen LogP contribution in [0.15, 0.2) is 12.2 Å². The average Bonchev–Trinajstić information content (AvgIpc) is 2.45. The smallest absolute Gasteiger partial charge is 0.0479 e. The van der Waals surface area contributed by atoms with Gasteiger partial charge >= 0.3 is 0 Å². The Labute approximate surface area is 65.9 Å². The monoisotopic (exact) mass is 151 g/mol. The molecule has 1 saturated carbocycles. The van der Waals surface area contributed by atoms with Crippen LogP contribution in [0.5, 0.6) is 0 Å². The van der Waals surface area contributed by atoms with Crippen molar-refractivity contribution in [3.05, 3.63) is 12.2 Å². The predicted molar refractivity (Wildman–Crippen MR) is 38.5 cm³/mol. The number of aliphatic carboxylic acids is 1. The maximum atomic E-state index is 10.8. The van der Waals surface area contributed by atoms with Crippen molar-refractivity contribution in [3.8, 4) is 0 Å². The first kappa shape index (κ1) is 6.89. The fourth-order valence-electron chi connectivity index (χ4n) is 2.33. The van der Waals surface area contributed by atoms with Gasteiger partial charge in [0.1, 0.15) is 0 Å². The SMILES string of the molecule is C[C@@]1(C(=O)[O-])C[C@H]2C=C[C@H]1C2. The Morgan fingerprint density at radius 3 is 2.64 bits per heavy atom. The Balaban J connectivity index is 2.30. The highest BCUT2D eigenvalue weighted by Gasteiger charge is 2.45. The molecular formula is C9H11O2-. The van der Waals surface area contributed by atoms with Gasteiger partial charge in [0.2, 0.25) is 0 Å². The summed E-state index contributed by atoms with van der Waals surface area (Å²) in [6.45, 7) is 1.80. The molecule has 2 heteroatoms. The molecular weight excluding hydrogens is 140 g/mol. The summed E-state index contributed by atoms with van der Waals surface area (Å²) in [5.41, 5.74) is -0.570. The number of rotatable bonds is 1. The molecule has 0 N–H and O–H groups in total. The number of hydrogen-bond acceptors (Lipinski definition) is 2. The molecule has 11 heavy (non-hydrogen) atoms. The zero-order valence-electron chi connectivity index (χ0n) is 6.54. The number of fused-ring (bicyclic) bond motifs is 2. The van der Waals surface area contributed by atoms with Crippen molar-refractivity contribution in [1.82, 2.24) is 0 Å². The van der Waals surface area contributed by atoms with Crippen LogP contribution >= 0.6 is 0 Å².